The monoisotopic (exact) mass is 277 g/mol. The maximum absolute atomic E-state index is 11.5. The van der Waals surface area contributed by atoms with E-state index in [2.05, 4.69) is 10.3 Å². The molecule has 1 aliphatic carbocycles. The normalized spacial score (nSPS) is 13.0. The SMILES string of the molecule is NC(=O)c1cc2c(nc1NCCCCC(=O)O)CCC2. The van der Waals surface area contributed by atoms with Gasteiger partial charge in [-0.3, -0.25) is 9.59 Å². The van der Waals surface area contributed by atoms with E-state index in [1.54, 1.807) is 0 Å². The maximum Gasteiger partial charge on any atom is 0.303 e. The second kappa shape index (κ2) is 6.36. The highest BCUT2D eigenvalue weighted by Gasteiger charge is 2.18. The molecular formula is C14H19N3O3. The van der Waals surface area contributed by atoms with Crippen LogP contribution in [0.5, 0.6) is 0 Å². The van der Waals surface area contributed by atoms with Gasteiger partial charge in [-0.2, -0.15) is 0 Å². The first-order valence-corrected chi connectivity index (χ1v) is 6.86. The molecule has 0 spiro atoms. The first-order valence-electron chi connectivity index (χ1n) is 6.86. The number of carboxylic acid groups (broad SMARTS) is 1. The molecule has 2 rings (SSSR count). The van der Waals surface area contributed by atoms with Crippen LogP contribution in [0.15, 0.2) is 6.07 Å². The number of hydrogen-bond donors (Lipinski definition) is 3. The van der Waals surface area contributed by atoms with Crippen molar-refractivity contribution >= 4 is 17.7 Å². The number of unbranched alkanes of at least 4 members (excludes halogenated alkanes) is 1. The minimum absolute atomic E-state index is 0.155. The van der Waals surface area contributed by atoms with Crippen LogP contribution < -0.4 is 11.1 Å². The second-order valence-electron chi connectivity index (χ2n) is 4.99. The Labute approximate surface area is 117 Å². The minimum Gasteiger partial charge on any atom is -0.481 e. The fourth-order valence-electron chi connectivity index (χ4n) is 2.40. The molecule has 4 N–H and O–H groups in total. The van der Waals surface area contributed by atoms with Gasteiger partial charge in [0.05, 0.1) is 5.56 Å². The highest BCUT2D eigenvalue weighted by Crippen LogP contribution is 2.25. The molecule has 1 aromatic heterocycles. The summed E-state index contributed by atoms with van der Waals surface area (Å²) in [5, 5.41) is 11.7. The summed E-state index contributed by atoms with van der Waals surface area (Å²) in [7, 11) is 0. The Bertz CT molecular complexity index is 529. The molecule has 20 heavy (non-hydrogen) atoms. The molecular weight excluding hydrogens is 258 g/mol. The Balaban J connectivity index is 1.99. The number of rotatable bonds is 7. The highest BCUT2D eigenvalue weighted by atomic mass is 16.4. The van der Waals surface area contributed by atoms with Crippen LogP contribution in [0.25, 0.3) is 0 Å². The van der Waals surface area contributed by atoms with Crippen molar-refractivity contribution in [3.05, 3.63) is 22.9 Å². The standard InChI is InChI=1S/C14H19N3O3/c15-13(20)10-8-9-4-3-5-11(9)17-14(10)16-7-2-1-6-12(18)19/h8H,1-7H2,(H2,15,20)(H,16,17)(H,18,19). The van der Waals surface area contributed by atoms with Crippen LogP contribution in [-0.4, -0.2) is 28.5 Å². The Hall–Kier alpha value is -2.11. The van der Waals surface area contributed by atoms with Crippen LogP contribution in [0.1, 0.15) is 47.3 Å². The Kier molecular flexibility index (Phi) is 4.55. The number of nitrogens with two attached hydrogens (primary N) is 1. The van der Waals surface area contributed by atoms with Crippen LogP contribution in [-0.2, 0) is 17.6 Å². The topological polar surface area (TPSA) is 105 Å². The van der Waals surface area contributed by atoms with Crippen molar-refractivity contribution in [2.45, 2.75) is 38.5 Å². The van der Waals surface area contributed by atoms with Crippen molar-refractivity contribution in [2.75, 3.05) is 11.9 Å². The molecule has 0 atom stereocenters. The number of aryl methyl sites for hydroxylation is 2. The fourth-order valence-corrected chi connectivity index (χ4v) is 2.40. The summed E-state index contributed by atoms with van der Waals surface area (Å²) in [6.45, 7) is 0.583. The number of fused-ring (bicyclic) bond motifs is 1. The van der Waals surface area contributed by atoms with Gasteiger partial charge in [0.15, 0.2) is 0 Å². The van der Waals surface area contributed by atoms with E-state index in [9.17, 15) is 9.59 Å². The van der Waals surface area contributed by atoms with Gasteiger partial charge in [0, 0.05) is 18.7 Å². The number of carboxylic acids is 1. The summed E-state index contributed by atoms with van der Waals surface area (Å²) in [4.78, 5) is 26.4. The average molecular weight is 277 g/mol. The largest absolute Gasteiger partial charge is 0.481 e. The molecule has 1 aromatic rings. The predicted octanol–water partition coefficient (Wildman–Crippen LogP) is 1.34. The van der Waals surface area contributed by atoms with Gasteiger partial charge in [-0.25, -0.2) is 4.98 Å². The van der Waals surface area contributed by atoms with E-state index in [1.807, 2.05) is 6.07 Å². The number of carbonyl (C=O) groups excluding carboxylic acids is 1. The lowest BCUT2D eigenvalue weighted by Gasteiger charge is -2.11. The number of hydrogen-bond acceptors (Lipinski definition) is 4. The number of carbonyl (C=O) groups is 2. The summed E-state index contributed by atoms with van der Waals surface area (Å²) in [5.41, 5.74) is 7.94. The third-order valence-electron chi connectivity index (χ3n) is 3.43. The summed E-state index contributed by atoms with van der Waals surface area (Å²) in [6.07, 6.45) is 4.40. The maximum atomic E-state index is 11.5. The van der Waals surface area contributed by atoms with Crippen molar-refractivity contribution in [1.29, 1.82) is 0 Å². The highest BCUT2D eigenvalue weighted by molar-refractivity contribution is 5.97. The summed E-state index contributed by atoms with van der Waals surface area (Å²) < 4.78 is 0. The van der Waals surface area contributed by atoms with E-state index < -0.39 is 11.9 Å². The lowest BCUT2D eigenvalue weighted by Crippen LogP contribution is -2.17. The van der Waals surface area contributed by atoms with Crippen LogP contribution in [0.4, 0.5) is 5.82 Å². The Morgan fingerprint density at radius 3 is 2.85 bits per heavy atom. The summed E-state index contributed by atoms with van der Waals surface area (Å²) in [6, 6.07) is 1.83. The lowest BCUT2D eigenvalue weighted by molar-refractivity contribution is -0.137. The first kappa shape index (κ1) is 14.3. The minimum atomic E-state index is -0.793. The number of aromatic nitrogens is 1. The fraction of sp³-hybridized carbons (Fsp3) is 0.500. The van der Waals surface area contributed by atoms with Crippen LogP contribution in [0, 0.1) is 0 Å². The number of primary amides is 1. The molecule has 1 aliphatic rings. The summed E-state index contributed by atoms with van der Waals surface area (Å²) in [5.74, 6) is -0.757. The number of nitrogens with one attached hydrogen (secondary N) is 1. The Morgan fingerprint density at radius 1 is 1.35 bits per heavy atom. The number of pyridine rings is 1. The van der Waals surface area contributed by atoms with Gasteiger partial charge in [-0.05, 0) is 43.7 Å². The van der Waals surface area contributed by atoms with Crippen molar-refractivity contribution in [2.24, 2.45) is 5.73 Å². The molecule has 0 aromatic carbocycles. The van der Waals surface area contributed by atoms with Gasteiger partial charge in [0.2, 0.25) is 0 Å². The average Bonchev–Trinajstić information content (AvgIpc) is 2.83. The molecule has 0 radical (unpaired) electrons. The van der Waals surface area contributed by atoms with E-state index in [1.165, 1.54) is 0 Å². The molecule has 1 heterocycles. The van der Waals surface area contributed by atoms with Crippen LogP contribution in [0.3, 0.4) is 0 Å². The number of aliphatic carboxylic acids is 1. The molecule has 0 saturated carbocycles. The number of anilines is 1. The van der Waals surface area contributed by atoms with E-state index >= 15 is 0 Å². The molecule has 0 bridgehead atoms. The zero-order valence-corrected chi connectivity index (χ0v) is 11.3. The van der Waals surface area contributed by atoms with E-state index in [0.717, 1.165) is 30.5 Å². The van der Waals surface area contributed by atoms with Gasteiger partial charge in [-0.1, -0.05) is 0 Å². The van der Waals surface area contributed by atoms with Gasteiger partial charge in [0.25, 0.3) is 5.91 Å². The Morgan fingerprint density at radius 2 is 2.15 bits per heavy atom. The quantitative estimate of drug-likeness (QED) is 0.652. The van der Waals surface area contributed by atoms with Crippen LogP contribution in [0.2, 0.25) is 0 Å². The summed E-state index contributed by atoms with van der Waals surface area (Å²) >= 11 is 0. The van der Waals surface area contributed by atoms with Crippen molar-refractivity contribution < 1.29 is 14.7 Å². The third-order valence-corrected chi connectivity index (χ3v) is 3.43. The smallest absolute Gasteiger partial charge is 0.303 e. The molecule has 1 amide bonds. The van der Waals surface area contributed by atoms with Crippen molar-refractivity contribution in [3.63, 3.8) is 0 Å². The van der Waals surface area contributed by atoms with Gasteiger partial charge >= 0.3 is 5.97 Å². The van der Waals surface area contributed by atoms with E-state index in [-0.39, 0.29) is 6.42 Å². The number of nitrogens with zero attached hydrogens (tertiary/aromatic N) is 1. The van der Waals surface area contributed by atoms with Crippen molar-refractivity contribution in [3.8, 4) is 0 Å². The van der Waals surface area contributed by atoms with E-state index in [4.69, 9.17) is 10.8 Å². The molecule has 0 aliphatic heterocycles. The molecule has 6 nitrogen and oxygen atoms in total. The molecule has 6 heteroatoms. The van der Waals surface area contributed by atoms with Gasteiger partial charge < -0.3 is 16.2 Å². The lowest BCUT2D eigenvalue weighted by atomic mass is 10.1. The van der Waals surface area contributed by atoms with Gasteiger partial charge in [-0.15, -0.1) is 0 Å². The zero-order valence-electron chi connectivity index (χ0n) is 11.3. The third kappa shape index (κ3) is 3.46. The van der Waals surface area contributed by atoms with Crippen LogP contribution >= 0.6 is 0 Å². The van der Waals surface area contributed by atoms with Gasteiger partial charge in [0.1, 0.15) is 5.82 Å². The van der Waals surface area contributed by atoms with Crippen molar-refractivity contribution in [1.82, 2.24) is 4.98 Å². The first-order chi connectivity index (χ1) is 9.58. The second-order valence-corrected chi connectivity index (χ2v) is 4.99. The molecule has 108 valence electrons. The zero-order chi connectivity index (χ0) is 14.5. The number of amides is 1. The molecule has 0 unspecified atom stereocenters. The molecule has 0 saturated heterocycles. The predicted molar refractivity (Wildman–Crippen MR) is 74.8 cm³/mol. The van der Waals surface area contributed by atoms with E-state index in [0.29, 0.717) is 30.8 Å². The molecule has 0 fully saturated rings.